The fourth-order valence-electron chi connectivity index (χ4n) is 2.95. The van der Waals surface area contributed by atoms with Crippen LogP contribution in [0.4, 0.5) is 10.5 Å². The molecule has 0 spiro atoms. The van der Waals surface area contributed by atoms with Crippen LogP contribution in [0.15, 0.2) is 29.2 Å². The molecule has 1 aromatic rings. The molecule has 3 unspecified atom stereocenters. The van der Waals surface area contributed by atoms with E-state index in [0.717, 1.165) is 12.8 Å². The monoisotopic (exact) mass is 442 g/mol. The molecule has 3 atom stereocenters. The minimum Gasteiger partial charge on any atom is -0.453 e. The van der Waals surface area contributed by atoms with Gasteiger partial charge in [-0.15, -0.1) is 0 Å². The first-order chi connectivity index (χ1) is 14.3. The van der Waals surface area contributed by atoms with Gasteiger partial charge in [-0.1, -0.05) is 6.92 Å². The highest BCUT2D eigenvalue weighted by molar-refractivity contribution is 7.82. The minimum atomic E-state index is -1.39. The summed E-state index contributed by atoms with van der Waals surface area (Å²) in [5, 5.41) is 15.0. The van der Waals surface area contributed by atoms with Gasteiger partial charge >= 0.3 is 6.09 Å². The van der Waals surface area contributed by atoms with E-state index < -0.39 is 17.1 Å². The summed E-state index contributed by atoms with van der Waals surface area (Å²) >= 11 is 0. The third kappa shape index (κ3) is 9.10. The number of benzene rings is 1. The van der Waals surface area contributed by atoms with Crippen molar-refractivity contribution in [2.24, 2.45) is 0 Å². The lowest BCUT2D eigenvalue weighted by molar-refractivity contribution is -0.120. The number of hydrogen-bond donors (Lipinski definition) is 4. The Balaban J connectivity index is 2.56. The van der Waals surface area contributed by atoms with E-state index in [9.17, 15) is 18.9 Å². The second-order valence-corrected chi connectivity index (χ2v) is 8.48. The normalized spacial score (nSPS) is 14.0. The fourth-order valence-corrected chi connectivity index (χ4v) is 4.38. The van der Waals surface area contributed by atoms with Crippen LogP contribution in [0.3, 0.4) is 0 Å². The largest absolute Gasteiger partial charge is 0.453 e. The summed E-state index contributed by atoms with van der Waals surface area (Å²) in [5.74, 6) is -0.302. The lowest BCUT2D eigenvalue weighted by atomic mass is 10.1. The average Bonchev–Trinajstić information content (AvgIpc) is 2.73. The van der Waals surface area contributed by atoms with Crippen LogP contribution in [0.25, 0.3) is 0 Å². The quantitative estimate of drug-likeness (QED) is 0.341. The number of nitrogen functional groups attached to an aromatic ring is 1. The SMILES string of the molecule is CCCN(C(CO)CCCC(C)NC(=O)CNC(=O)OC)S(=O)c1ccc(N)cc1. The molecule has 0 aliphatic rings. The van der Waals surface area contributed by atoms with Crippen LogP contribution in [0.5, 0.6) is 0 Å². The highest BCUT2D eigenvalue weighted by atomic mass is 32.2. The van der Waals surface area contributed by atoms with Crippen molar-refractivity contribution in [1.82, 2.24) is 14.9 Å². The minimum absolute atomic E-state index is 0.0986. The van der Waals surface area contributed by atoms with Crippen molar-refractivity contribution < 1.29 is 23.6 Å². The molecule has 170 valence electrons. The Bertz CT molecular complexity index is 686. The number of carbonyl (C=O) groups is 2. The summed E-state index contributed by atoms with van der Waals surface area (Å²) in [4.78, 5) is 23.5. The van der Waals surface area contributed by atoms with Crippen molar-refractivity contribution in [3.8, 4) is 0 Å². The third-order valence-corrected chi connectivity index (χ3v) is 6.10. The van der Waals surface area contributed by atoms with E-state index in [0.29, 0.717) is 30.0 Å². The van der Waals surface area contributed by atoms with Gasteiger partial charge in [-0.2, -0.15) is 0 Å². The molecule has 1 aromatic carbocycles. The molecular formula is C20H34N4O5S. The molecule has 9 nitrogen and oxygen atoms in total. The van der Waals surface area contributed by atoms with E-state index in [1.165, 1.54) is 7.11 Å². The number of carbonyl (C=O) groups excluding carboxylic acids is 2. The van der Waals surface area contributed by atoms with Crippen LogP contribution >= 0.6 is 0 Å². The number of alkyl carbamates (subject to hydrolysis) is 1. The van der Waals surface area contributed by atoms with E-state index in [4.69, 9.17) is 5.73 Å². The molecule has 0 aromatic heterocycles. The summed E-state index contributed by atoms with van der Waals surface area (Å²) < 4.78 is 19.3. The second kappa shape index (κ2) is 13.9. The first-order valence-corrected chi connectivity index (χ1v) is 11.2. The van der Waals surface area contributed by atoms with Crippen LogP contribution in [0.1, 0.15) is 39.5 Å². The highest BCUT2D eigenvalue weighted by Gasteiger charge is 2.24. The van der Waals surface area contributed by atoms with Gasteiger partial charge in [0.05, 0.1) is 18.6 Å². The fraction of sp³-hybridized carbons (Fsp3) is 0.600. The van der Waals surface area contributed by atoms with E-state index in [2.05, 4.69) is 15.4 Å². The maximum absolute atomic E-state index is 13.0. The summed E-state index contributed by atoms with van der Waals surface area (Å²) in [6, 6.07) is 6.55. The summed E-state index contributed by atoms with van der Waals surface area (Å²) in [5.41, 5.74) is 6.31. The molecule has 30 heavy (non-hydrogen) atoms. The molecule has 0 aliphatic carbocycles. The molecule has 0 saturated heterocycles. The Morgan fingerprint density at radius 2 is 1.93 bits per heavy atom. The van der Waals surface area contributed by atoms with Gasteiger partial charge in [0.1, 0.15) is 17.5 Å². The van der Waals surface area contributed by atoms with E-state index in [-0.39, 0.29) is 31.1 Å². The van der Waals surface area contributed by atoms with Gasteiger partial charge in [0, 0.05) is 24.3 Å². The number of nitrogens with zero attached hydrogens (tertiary/aromatic N) is 1. The molecule has 0 fully saturated rings. The number of ether oxygens (including phenoxy) is 1. The Hall–Kier alpha value is -2.17. The molecule has 0 aliphatic heterocycles. The number of anilines is 1. The zero-order valence-electron chi connectivity index (χ0n) is 17.9. The second-order valence-electron chi connectivity index (χ2n) is 7.04. The zero-order valence-corrected chi connectivity index (χ0v) is 18.7. The van der Waals surface area contributed by atoms with Gasteiger partial charge in [-0.3, -0.25) is 4.79 Å². The molecule has 0 heterocycles. The Morgan fingerprint density at radius 1 is 1.27 bits per heavy atom. The van der Waals surface area contributed by atoms with Gasteiger partial charge in [0.15, 0.2) is 0 Å². The van der Waals surface area contributed by atoms with Crippen LogP contribution in [-0.4, -0.2) is 64.5 Å². The van der Waals surface area contributed by atoms with Gasteiger partial charge < -0.3 is 26.2 Å². The number of nitrogens with two attached hydrogens (primary N) is 1. The van der Waals surface area contributed by atoms with Crippen LogP contribution in [0.2, 0.25) is 0 Å². The molecule has 10 heteroatoms. The van der Waals surface area contributed by atoms with Gasteiger partial charge in [-0.05, 0) is 56.9 Å². The van der Waals surface area contributed by atoms with E-state index >= 15 is 0 Å². The van der Waals surface area contributed by atoms with Gasteiger partial charge in [-0.25, -0.2) is 13.3 Å². The van der Waals surface area contributed by atoms with Crippen LogP contribution < -0.4 is 16.4 Å². The lowest BCUT2D eigenvalue weighted by Crippen LogP contribution is -2.41. The summed E-state index contributed by atoms with van der Waals surface area (Å²) in [7, 11) is -0.163. The zero-order chi connectivity index (χ0) is 22.5. The topological polar surface area (TPSA) is 134 Å². The van der Waals surface area contributed by atoms with Crippen molar-refractivity contribution in [1.29, 1.82) is 0 Å². The van der Waals surface area contributed by atoms with Crippen molar-refractivity contribution in [2.75, 3.05) is 32.5 Å². The maximum atomic E-state index is 13.0. The smallest absolute Gasteiger partial charge is 0.407 e. The predicted molar refractivity (Wildman–Crippen MR) is 117 cm³/mol. The number of nitrogens with one attached hydrogen (secondary N) is 2. The van der Waals surface area contributed by atoms with Gasteiger partial charge in [0.25, 0.3) is 0 Å². The van der Waals surface area contributed by atoms with Crippen molar-refractivity contribution >= 4 is 28.7 Å². The van der Waals surface area contributed by atoms with Crippen molar-refractivity contribution in [3.05, 3.63) is 24.3 Å². The Labute approximate surface area is 180 Å². The van der Waals surface area contributed by atoms with E-state index in [1.54, 1.807) is 24.3 Å². The van der Waals surface area contributed by atoms with Gasteiger partial charge in [0.2, 0.25) is 5.91 Å². The lowest BCUT2D eigenvalue weighted by Gasteiger charge is -2.29. The molecule has 0 radical (unpaired) electrons. The first-order valence-electron chi connectivity index (χ1n) is 10.1. The maximum Gasteiger partial charge on any atom is 0.407 e. The molecule has 2 amide bonds. The van der Waals surface area contributed by atoms with E-state index in [1.807, 2.05) is 18.2 Å². The predicted octanol–water partition coefficient (Wildman–Crippen LogP) is 1.40. The number of methoxy groups -OCH3 is 1. The molecule has 0 saturated carbocycles. The van der Waals surface area contributed by atoms with Crippen LogP contribution in [0, 0.1) is 0 Å². The number of aliphatic hydroxyl groups excluding tert-OH is 1. The number of hydrogen-bond acceptors (Lipinski definition) is 6. The number of rotatable bonds is 13. The first kappa shape index (κ1) is 25.9. The highest BCUT2D eigenvalue weighted by Crippen LogP contribution is 2.19. The molecule has 1 rings (SSSR count). The van der Waals surface area contributed by atoms with Crippen molar-refractivity contribution in [2.45, 2.75) is 56.5 Å². The average molecular weight is 443 g/mol. The number of amides is 2. The van der Waals surface area contributed by atoms with Crippen LogP contribution in [-0.2, 0) is 20.5 Å². The Morgan fingerprint density at radius 3 is 2.50 bits per heavy atom. The molecule has 5 N–H and O–H groups in total. The number of aliphatic hydroxyl groups is 1. The molecular weight excluding hydrogens is 408 g/mol. The standard InChI is InChI=1S/C20H34N4O5S/c1-4-12-24(30(28)18-10-8-16(21)9-11-18)17(14-25)7-5-6-15(2)23-19(26)13-22-20(27)29-3/h8-11,15,17,25H,4-7,12-14,21H2,1-3H3,(H,22,27)(H,23,26). The Kier molecular flexibility index (Phi) is 12.0. The molecule has 0 bridgehead atoms. The van der Waals surface area contributed by atoms with Crippen molar-refractivity contribution in [3.63, 3.8) is 0 Å². The summed E-state index contributed by atoms with van der Waals surface area (Å²) in [6.07, 6.45) is 2.20. The third-order valence-electron chi connectivity index (χ3n) is 4.52. The summed E-state index contributed by atoms with van der Waals surface area (Å²) in [6.45, 7) is 4.21.